The number of benzene rings is 1. The van der Waals surface area contributed by atoms with E-state index in [0.717, 1.165) is 38.6 Å². The van der Waals surface area contributed by atoms with Crippen LogP contribution in [0.5, 0.6) is 0 Å². The molecule has 6 heteroatoms. The van der Waals surface area contributed by atoms with E-state index in [1.807, 2.05) is 18.7 Å². The average molecular weight is 399 g/mol. The van der Waals surface area contributed by atoms with Crippen LogP contribution in [0.15, 0.2) is 48.0 Å². The Morgan fingerprint density at radius 2 is 1.90 bits per heavy atom. The van der Waals surface area contributed by atoms with Gasteiger partial charge in [-0.2, -0.15) is 0 Å². The topological polar surface area (TPSA) is 57.5 Å². The molecule has 29 heavy (non-hydrogen) atoms. The van der Waals surface area contributed by atoms with Gasteiger partial charge in [-0.3, -0.25) is 4.90 Å². The lowest BCUT2D eigenvalue weighted by Crippen LogP contribution is -2.41. The summed E-state index contributed by atoms with van der Waals surface area (Å²) in [5.74, 6) is 0.883. The normalized spacial score (nSPS) is 12.2. The highest BCUT2D eigenvalue weighted by Crippen LogP contribution is 2.09. The third kappa shape index (κ3) is 8.28. The van der Waals surface area contributed by atoms with Gasteiger partial charge in [0.05, 0.1) is 12.9 Å². The molecule has 0 aliphatic heterocycles. The van der Waals surface area contributed by atoms with Gasteiger partial charge in [-0.15, -0.1) is 0 Å². The van der Waals surface area contributed by atoms with Crippen LogP contribution in [0.25, 0.3) is 0 Å². The highest BCUT2D eigenvalue weighted by atomic mass is 15.2. The van der Waals surface area contributed by atoms with E-state index in [1.54, 1.807) is 0 Å². The number of aromatic nitrogens is 2. The standard InChI is InChI=1S/C23H38N6/c1-6-25-23(26-11-8-13-29(19(2)3)20(4)5)27-16-21-9-7-10-22(15-21)17-28-14-12-24-18-28/h7,9-10,12,14-15,18-20H,6,8,11,13,16-17H2,1-5H3,(H2,25,26,27). The summed E-state index contributed by atoms with van der Waals surface area (Å²) < 4.78 is 2.08. The molecule has 2 rings (SSSR count). The second-order valence-corrected chi connectivity index (χ2v) is 7.96. The van der Waals surface area contributed by atoms with Gasteiger partial charge < -0.3 is 15.2 Å². The first kappa shape index (κ1) is 22.9. The summed E-state index contributed by atoms with van der Waals surface area (Å²) >= 11 is 0. The number of nitrogens with one attached hydrogen (secondary N) is 2. The Kier molecular flexibility index (Phi) is 9.71. The van der Waals surface area contributed by atoms with Crippen LogP contribution in [0.2, 0.25) is 0 Å². The smallest absolute Gasteiger partial charge is 0.191 e. The first-order valence-electron chi connectivity index (χ1n) is 10.8. The van der Waals surface area contributed by atoms with E-state index >= 15 is 0 Å². The molecule has 0 aliphatic rings. The maximum absolute atomic E-state index is 4.77. The Morgan fingerprint density at radius 1 is 1.14 bits per heavy atom. The van der Waals surface area contributed by atoms with E-state index in [-0.39, 0.29) is 0 Å². The van der Waals surface area contributed by atoms with Crippen molar-refractivity contribution in [2.45, 2.75) is 66.2 Å². The zero-order chi connectivity index (χ0) is 21.1. The molecule has 0 saturated heterocycles. The first-order valence-corrected chi connectivity index (χ1v) is 10.8. The lowest BCUT2D eigenvalue weighted by atomic mass is 10.1. The van der Waals surface area contributed by atoms with Crippen LogP contribution in [0.4, 0.5) is 0 Å². The van der Waals surface area contributed by atoms with Crippen LogP contribution in [0.1, 0.15) is 52.2 Å². The van der Waals surface area contributed by atoms with Crippen molar-refractivity contribution in [3.05, 3.63) is 54.1 Å². The number of guanidine groups is 1. The SMILES string of the molecule is CCNC(=NCc1cccc(Cn2ccnc2)c1)NCCCN(C(C)C)C(C)C. The second-order valence-electron chi connectivity index (χ2n) is 7.96. The molecule has 2 N–H and O–H groups in total. The van der Waals surface area contributed by atoms with Gasteiger partial charge in [0.1, 0.15) is 0 Å². The minimum absolute atomic E-state index is 0.575. The van der Waals surface area contributed by atoms with Crippen molar-refractivity contribution in [2.24, 2.45) is 4.99 Å². The molecule has 2 aromatic rings. The van der Waals surface area contributed by atoms with Gasteiger partial charge in [0, 0.05) is 50.7 Å². The maximum atomic E-state index is 4.77. The fourth-order valence-electron chi connectivity index (χ4n) is 3.51. The van der Waals surface area contributed by atoms with Gasteiger partial charge >= 0.3 is 0 Å². The summed E-state index contributed by atoms with van der Waals surface area (Å²) in [6.07, 6.45) is 6.74. The van der Waals surface area contributed by atoms with Crippen molar-refractivity contribution < 1.29 is 0 Å². The Balaban J connectivity index is 1.86. The summed E-state index contributed by atoms with van der Waals surface area (Å²) in [5, 5.41) is 6.83. The Hall–Kier alpha value is -2.34. The number of rotatable bonds is 11. The van der Waals surface area contributed by atoms with E-state index < -0.39 is 0 Å². The summed E-state index contributed by atoms with van der Waals surface area (Å²) in [6, 6.07) is 9.75. The van der Waals surface area contributed by atoms with Crippen molar-refractivity contribution in [3.8, 4) is 0 Å². The van der Waals surface area contributed by atoms with Crippen LogP contribution >= 0.6 is 0 Å². The summed E-state index contributed by atoms with van der Waals surface area (Å²) in [6.45, 7) is 15.5. The molecule has 0 amide bonds. The minimum atomic E-state index is 0.575. The summed E-state index contributed by atoms with van der Waals surface area (Å²) in [7, 11) is 0. The Morgan fingerprint density at radius 3 is 2.55 bits per heavy atom. The second kappa shape index (κ2) is 12.3. The molecule has 1 aromatic heterocycles. The maximum Gasteiger partial charge on any atom is 0.191 e. The van der Waals surface area contributed by atoms with Gasteiger partial charge in [-0.25, -0.2) is 9.98 Å². The highest BCUT2D eigenvalue weighted by molar-refractivity contribution is 5.79. The van der Waals surface area contributed by atoms with Crippen molar-refractivity contribution >= 4 is 5.96 Å². The molecule has 0 bridgehead atoms. The van der Waals surface area contributed by atoms with E-state index in [2.05, 4.69) is 84.0 Å². The van der Waals surface area contributed by atoms with E-state index in [9.17, 15) is 0 Å². The molecular weight excluding hydrogens is 360 g/mol. The predicted molar refractivity (Wildman–Crippen MR) is 122 cm³/mol. The number of hydrogen-bond donors (Lipinski definition) is 2. The molecule has 1 heterocycles. The van der Waals surface area contributed by atoms with E-state index in [1.165, 1.54) is 11.1 Å². The zero-order valence-corrected chi connectivity index (χ0v) is 18.7. The van der Waals surface area contributed by atoms with Crippen LogP contribution in [-0.4, -0.2) is 52.1 Å². The van der Waals surface area contributed by atoms with E-state index in [4.69, 9.17) is 4.99 Å². The molecule has 160 valence electrons. The monoisotopic (exact) mass is 398 g/mol. The lowest BCUT2D eigenvalue weighted by Gasteiger charge is -2.30. The van der Waals surface area contributed by atoms with E-state index in [0.29, 0.717) is 18.6 Å². The van der Waals surface area contributed by atoms with Crippen LogP contribution in [-0.2, 0) is 13.1 Å². The van der Waals surface area contributed by atoms with Gasteiger partial charge in [0.2, 0.25) is 0 Å². The fourth-order valence-corrected chi connectivity index (χ4v) is 3.51. The molecule has 0 fully saturated rings. The molecule has 0 saturated carbocycles. The number of aliphatic imine (C=N–C) groups is 1. The summed E-state index contributed by atoms with van der Waals surface area (Å²) in [4.78, 5) is 11.4. The highest BCUT2D eigenvalue weighted by Gasteiger charge is 2.12. The molecule has 0 aliphatic carbocycles. The molecule has 0 radical (unpaired) electrons. The Labute approximate surface area is 176 Å². The number of nitrogens with zero attached hydrogens (tertiary/aromatic N) is 4. The average Bonchev–Trinajstić information content (AvgIpc) is 3.18. The zero-order valence-electron chi connectivity index (χ0n) is 18.7. The third-order valence-corrected chi connectivity index (χ3v) is 4.89. The number of imidazole rings is 1. The minimum Gasteiger partial charge on any atom is -0.357 e. The molecular formula is C23H38N6. The Bertz CT molecular complexity index is 713. The van der Waals surface area contributed by atoms with Gasteiger partial charge in [-0.05, 0) is 52.2 Å². The van der Waals surface area contributed by atoms with Crippen molar-refractivity contribution in [2.75, 3.05) is 19.6 Å². The van der Waals surface area contributed by atoms with Crippen LogP contribution in [0.3, 0.4) is 0 Å². The molecule has 1 aromatic carbocycles. The quantitative estimate of drug-likeness (QED) is 0.346. The molecule has 0 atom stereocenters. The van der Waals surface area contributed by atoms with Gasteiger partial charge in [-0.1, -0.05) is 24.3 Å². The molecule has 0 spiro atoms. The van der Waals surface area contributed by atoms with Crippen molar-refractivity contribution in [1.82, 2.24) is 25.1 Å². The van der Waals surface area contributed by atoms with Crippen LogP contribution in [0, 0.1) is 0 Å². The third-order valence-electron chi connectivity index (χ3n) is 4.89. The van der Waals surface area contributed by atoms with Crippen molar-refractivity contribution in [1.29, 1.82) is 0 Å². The van der Waals surface area contributed by atoms with Gasteiger partial charge in [0.25, 0.3) is 0 Å². The first-order chi connectivity index (χ1) is 14.0. The van der Waals surface area contributed by atoms with Gasteiger partial charge in [0.15, 0.2) is 5.96 Å². The van der Waals surface area contributed by atoms with Crippen LogP contribution < -0.4 is 10.6 Å². The molecule has 0 unspecified atom stereocenters. The number of hydrogen-bond acceptors (Lipinski definition) is 3. The predicted octanol–water partition coefficient (Wildman–Crippen LogP) is 3.50. The summed E-state index contributed by atoms with van der Waals surface area (Å²) in [5.41, 5.74) is 2.47. The van der Waals surface area contributed by atoms with Crippen molar-refractivity contribution in [3.63, 3.8) is 0 Å². The largest absolute Gasteiger partial charge is 0.357 e. The lowest BCUT2D eigenvalue weighted by molar-refractivity contribution is 0.173. The molecule has 6 nitrogen and oxygen atoms in total. The fraction of sp³-hybridized carbons (Fsp3) is 0.565.